The quantitative estimate of drug-likeness (QED) is 0.638. The number of nitrogens with zero attached hydrogens (tertiary/aromatic N) is 2. The summed E-state index contributed by atoms with van der Waals surface area (Å²) >= 11 is 11.8. The van der Waals surface area contributed by atoms with Gasteiger partial charge in [-0.15, -0.1) is 0 Å². The van der Waals surface area contributed by atoms with E-state index in [0.717, 1.165) is 0 Å². The summed E-state index contributed by atoms with van der Waals surface area (Å²) in [6, 6.07) is 2.74. The number of halogens is 3. The van der Waals surface area contributed by atoms with Gasteiger partial charge in [-0.2, -0.15) is 0 Å². The third-order valence-electron chi connectivity index (χ3n) is 2.90. The number of anilines is 1. The van der Waals surface area contributed by atoms with Gasteiger partial charge in [0.15, 0.2) is 23.1 Å². The highest BCUT2D eigenvalue weighted by molar-refractivity contribution is 6.35. The van der Waals surface area contributed by atoms with Crippen LogP contribution in [0.15, 0.2) is 24.8 Å². The largest absolute Gasteiger partial charge is 0.492 e. The van der Waals surface area contributed by atoms with Crippen LogP contribution in [-0.2, 0) is 4.74 Å². The van der Waals surface area contributed by atoms with E-state index in [9.17, 15) is 9.18 Å². The smallest absolute Gasteiger partial charge is 0.359 e. The van der Waals surface area contributed by atoms with E-state index >= 15 is 0 Å². The van der Waals surface area contributed by atoms with Gasteiger partial charge in [-0.1, -0.05) is 35.9 Å². The van der Waals surface area contributed by atoms with Crippen LogP contribution in [0.5, 0.6) is 5.75 Å². The molecule has 0 fully saturated rings. The number of methoxy groups -OCH3 is 1. The van der Waals surface area contributed by atoms with E-state index in [4.69, 9.17) is 38.4 Å². The van der Waals surface area contributed by atoms with Crippen LogP contribution in [0, 0.1) is 5.82 Å². The lowest BCUT2D eigenvalue weighted by molar-refractivity contribution is 0.0543. The van der Waals surface area contributed by atoms with Crippen molar-refractivity contribution in [1.29, 1.82) is 0 Å². The van der Waals surface area contributed by atoms with Crippen molar-refractivity contribution in [3.05, 3.63) is 46.3 Å². The number of aromatic nitrogens is 2. The van der Waals surface area contributed by atoms with E-state index in [0.29, 0.717) is 0 Å². The second-order valence-electron chi connectivity index (χ2n) is 4.42. The Morgan fingerprint density at radius 1 is 1.42 bits per heavy atom. The van der Waals surface area contributed by atoms with Gasteiger partial charge in [0, 0.05) is 0 Å². The van der Waals surface area contributed by atoms with E-state index in [1.807, 2.05) is 0 Å². The van der Waals surface area contributed by atoms with Crippen molar-refractivity contribution in [2.45, 2.75) is 0 Å². The van der Waals surface area contributed by atoms with Crippen molar-refractivity contribution in [3.63, 3.8) is 0 Å². The highest BCUT2D eigenvalue weighted by Gasteiger charge is 2.22. The van der Waals surface area contributed by atoms with Gasteiger partial charge in [0.05, 0.1) is 17.7 Å². The number of carbonyl (C=O) groups is 1. The number of benzene rings is 1. The fourth-order valence-corrected chi connectivity index (χ4v) is 2.20. The highest BCUT2D eigenvalue weighted by atomic mass is 35.5. The van der Waals surface area contributed by atoms with Crippen LogP contribution >= 0.6 is 23.2 Å². The third-order valence-corrected chi connectivity index (χ3v) is 3.57. The van der Waals surface area contributed by atoms with Crippen molar-refractivity contribution in [1.82, 2.24) is 9.97 Å². The molecule has 2 N–H and O–H groups in total. The lowest BCUT2D eigenvalue weighted by Gasteiger charge is -2.11. The molecule has 1 heterocycles. The van der Waals surface area contributed by atoms with E-state index < -0.39 is 11.8 Å². The number of hydrogen-bond acceptors (Lipinski definition) is 6. The summed E-state index contributed by atoms with van der Waals surface area (Å²) in [7, 11) is 1.27. The topological polar surface area (TPSA) is 87.3 Å². The third kappa shape index (κ3) is 3.42. The van der Waals surface area contributed by atoms with Crippen LogP contribution in [0.1, 0.15) is 10.5 Å². The minimum Gasteiger partial charge on any atom is -0.492 e. The zero-order chi connectivity index (χ0) is 17.9. The Morgan fingerprint density at radius 2 is 2.12 bits per heavy atom. The molecule has 24 heavy (non-hydrogen) atoms. The van der Waals surface area contributed by atoms with Gasteiger partial charge >= 0.3 is 5.97 Å². The number of esters is 1. The first-order valence-corrected chi connectivity index (χ1v) is 7.29. The fraction of sp³-hybridized carbons (Fsp3) is 0.133. The maximum Gasteiger partial charge on any atom is 0.359 e. The van der Waals surface area contributed by atoms with Crippen molar-refractivity contribution >= 4 is 35.0 Å². The summed E-state index contributed by atoms with van der Waals surface area (Å²) in [6.45, 7) is 3.38. The molecule has 126 valence electrons. The highest BCUT2D eigenvalue weighted by Crippen LogP contribution is 2.34. The minimum absolute atomic E-state index is 0.0441. The zero-order valence-corrected chi connectivity index (χ0v) is 14.0. The van der Waals surface area contributed by atoms with Gasteiger partial charge in [-0.25, -0.2) is 19.2 Å². The zero-order valence-electron chi connectivity index (χ0n) is 12.5. The number of hydrogen-bond donors (Lipinski definition) is 1. The molecule has 0 bridgehead atoms. The minimum atomic E-state index is -0.836. The summed E-state index contributed by atoms with van der Waals surface area (Å²) in [5, 5.41) is -0.111. The summed E-state index contributed by atoms with van der Waals surface area (Å²) in [5.41, 5.74) is 5.34. The molecule has 1 aromatic heterocycles. The Kier molecular flexibility index (Phi) is 5.58. The second-order valence-corrected chi connectivity index (χ2v) is 5.21. The molecule has 0 saturated heterocycles. The molecular formula is C15H12Cl2FN3O3. The fourth-order valence-electron chi connectivity index (χ4n) is 1.82. The van der Waals surface area contributed by atoms with Crippen molar-refractivity contribution in [2.75, 3.05) is 19.5 Å². The maximum atomic E-state index is 14.5. The molecule has 0 saturated carbocycles. The lowest BCUT2D eigenvalue weighted by atomic mass is 10.1. The predicted molar refractivity (Wildman–Crippen MR) is 88.9 cm³/mol. The molecule has 0 aliphatic carbocycles. The molecule has 0 atom stereocenters. The van der Waals surface area contributed by atoms with E-state index in [1.54, 1.807) is 0 Å². The molecule has 2 aromatic rings. The molecule has 0 aliphatic heterocycles. The first kappa shape index (κ1) is 18.0. The lowest BCUT2D eigenvalue weighted by Crippen LogP contribution is -2.12. The van der Waals surface area contributed by atoms with Crippen LogP contribution in [0.4, 0.5) is 10.2 Å². The first-order valence-electron chi connectivity index (χ1n) is 6.54. The van der Waals surface area contributed by atoms with E-state index in [-0.39, 0.29) is 45.3 Å². The molecule has 2 rings (SSSR count). The van der Waals surface area contributed by atoms with Crippen LogP contribution in [0.25, 0.3) is 11.4 Å². The molecular weight excluding hydrogens is 360 g/mol. The Bertz CT molecular complexity index is 815. The van der Waals surface area contributed by atoms with Crippen molar-refractivity contribution < 1.29 is 18.7 Å². The molecule has 6 nitrogen and oxygen atoms in total. The number of rotatable bonds is 5. The number of ether oxygens (including phenoxy) is 2. The molecule has 0 unspecified atom stereocenters. The molecule has 0 spiro atoms. The van der Waals surface area contributed by atoms with Crippen LogP contribution in [0.2, 0.25) is 10.0 Å². The summed E-state index contributed by atoms with van der Waals surface area (Å²) < 4.78 is 24.3. The summed E-state index contributed by atoms with van der Waals surface area (Å²) in [6.07, 6.45) is 1.38. The molecule has 0 radical (unpaired) electrons. The number of nitrogens with two attached hydrogens (primary N) is 1. The summed E-state index contributed by atoms with van der Waals surface area (Å²) in [5.74, 6) is -2.16. The Hall–Kier alpha value is -2.38. The summed E-state index contributed by atoms with van der Waals surface area (Å²) in [4.78, 5) is 19.8. The van der Waals surface area contributed by atoms with Gasteiger partial charge in [0.2, 0.25) is 0 Å². The normalized spacial score (nSPS) is 10.3. The number of nitrogen functional groups attached to an aromatic ring is 1. The second kappa shape index (κ2) is 7.46. The monoisotopic (exact) mass is 371 g/mol. The van der Waals surface area contributed by atoms with Gasteiger partial charge in [0.1, 0.15) is 17.4 Å². The number of carbonyl (C=O) groups excluding carboxylic acids is 1. The van der Waals surface area contributed by atoms with Gasteiger partial charge in [-0.05, 0) is 12.1 Å². The molecule has 9 heteroatoms. The van der Waals surface area contributed by atoms with Crippen LogP contribution in [0.3, 0.4) is 0 Å². The van der Waals surface area contributed by atoms with Crippen molar-refractivity contribution in [2.24, 2.45) is 0 Å². The maximum absolute atomic E-state index is 14.5. The van der Waals surface area contributed by atoms with E-state index in [1.165, 1.54) is 25.3 Å². The Balaban J connectivity index is 2.59. The van der Waals surface area contributed by atoms with Crippen molar-refractivity contribution in [3.8, 4) is 17.1 Å². The van der Waals surface area contributed by atoms with Gasteiger partial charge in [0.25, 0.3) is 0 Å². The van der Waals surface area contributed by atoms with Crippen LogP contribution in [-0.4, -0.2) is 29.7 Å². The Labute approximate surface area is 147 Å². The average Bonchev–Trinajstić information content (AvgIpc) is 2.55. The first-order chi connectivity index (χ1) is 11.4. The molecule has 0 aliphatic rings. The Morgan fingerprint density at radius 3 is 2.75 bits per heavy atom. The molecule has 0 amide bonds. The average molecular weight is 372 g/mol. The predicted octanol–water partition coefficient (Wildman–Crippen LogP) is 3.52. The van der Waals surface area contributed by atoms with Crippen LogP contribution < -0.4 is 10.5 Å². The van der Waals surface area contributed by atoms with Gasteiger partial charge < -0.3 is 15.2 Å². The molecule has 1 aromatic carbocycles. The van der Waals surface area contributed by atoms with E-state index in [2.05, 4.69) is 16.5 Å². The van der Waals surface area contributed by atoms with Gasteiger partial charge in [-0.3, -0.25) is 0 Å². The standard InChI is InChI=1S/C15H12Cl2FN3O3/c1-3-6-24-15(22)11-9(17)13(19)21-14(20-11)7-4-5-8(16)12(23-2)10(7)18/h3-5H,1,6H2,2H3,(H2,19,20,21). The SMILES string of the molecule is C=CCOC(=O)c1nc(-c2ccc(Cl)c(OC)c2F)nc(N)c1Cl.